The van der Waals surface area contributed by atoms with Crippen molar-refractivity contribution in [3.63, 3.8) is 0 Å². The molecule has 0 spiro atoms. The van der Waals surface area contributed by atoms with E-state index in [9.17, 15) is 0 Å². The lowest BCUT2D eigenvalue weighted by Gasteiger charge is -2.02. The summed E-state index contributed by atoms with van der Waals surface area (Å²) in [5.41, 5.74) is 2.96. The van der Waals surface area contributed by atoms with Crippen LogP contribution >= 0.6 is 11.6 Å². The molecule has 0 atom stereocenters. The largest absolute Gasteiger partial charge is 0.308 e. The van der Waals surface area contributed by atoms with Crippen molar-refractivity contribution < 1.29 is 0 Å². The van der Waals surface area contributed by atoms with Crippen LogP contribution in [0.25, 0.3) is 5.69 Å². The molecule has 1 heterocycles. The highest BCUT2D eigenvalue weighted by molar-refractivity contribution is 6.31. The lowest BCUT2D eigenvalue weighted by Crippen LogP contribution is -2.15. The van der Waals surface area contributed by atoms with E-state index in [0.29, 0.717) is 6.04 Å². The van der Waals surface area contributed by atoms with Crippen LogP contribution in [0.5, 0.6) is 0 Å². The van der Waals surface area contributed by atoms with E-state index in [4.69, 9.17) is 11.6 Å². The van der Waals surface area contributed by atoms with Crippen LogP contribution in [0.3, 0.4) is 0 Å². The summed E-state index contributed by atoms with van der Waals surface area (Å²) in [7, 11) is 0. The summed E-state index contributed by atoms with van der Waals surface area (Å²) < 4.78 is 1.76. The van der Waals surface area contributed by atoms with Gasteiger partial charge >= 0.3 is 0 Å². The summed E-state index contributed by atoms with van der Waals surface area (Å²) in [5.74, 6) is 0. The second kappa shape index (κ2) is 4.71. The summed E-state index contributed by atoms with van der Waals surface area (Å²) in [6.07, 6.45) is 4.50. The second-order valence-corrected chi connectivity index (χ2v) is 5.15. The molecule has 0 radical (unpaired) electrons. The monoisotopic (exact) mass is 262 g/mol. The number of benzene rings is 1. The van der Waals surface area contributed by atoms with E-state index in [1.54, 1.807) is 4.68 Å². The SMILES string of the molecule is Cc1ccc(-n2cc(CNC3CC3)nn2)cc1Cl. The van der Waals surface area contributed by atoms with Crippen LogP contribution in [0.1, 0.15) is 24.1 Å². The number of hydrogen-bond acceptors (Lipinski definition) is 3. The van der Waals surface area contributed by atoms with Crippen LogP contribution in [-0.2, 0) is 6.54 Å². The van der Waals surface area contributed by atoms with Gasteiger partial charge in [0.2, 0.25) is 0 Å². The van der Waals surface area contributed by atoms with Gasteiger partial charge < -0.3 is 5.32 Å². The molecule has 1 fully saturated rings. The normalized spacial score (nSPS) is 15.0. The molecule has 1 aliphatic carbocycles. The van der Waals surface area contributed by atoms with Crippen LogP contribution in [0.2, 0.25) is 5.02 Å². The number of hydrogen-bond donors (Lipinski definition) is 1. The third-order valence-electron chi connectivity index (χ3n) is 3.11. The van der Waals surface area contributed by atoms with Crippen LogP contribution in [0.15, 0.2) is 24.4 Å². The van der Waals surface area contributed by atoms with Crippen molar-refractivity contribution in [2.45, 2.75) is 32.4 Å². The topological polar surface area (TPSA) is 42.7 Å². The first-order chi connectivity index (χ1) is 8.72. The molecule has 0 aliphatic heterocycles. The zero-order chi connectivity index (χ0) is 12.5. The van der Waals surface area contributed by atoms with E-state index in [0.717, 1.165) is 28.5 Å². The van der Waals surface area contributed by atoms with E-state index in [1.807, 2.05) is 31.3 Å². The Hall–Kier alpha value is -1.39. The molecule has 1 aliphatic rings. The fourth-order valence-electron chi connectivity index (χ4n) is 1.77. The predicted molar refractivity (Wildman–Crippen MR) is 71.0 cm³/mol. The molecule has 94 valence electrons. The van der Waals surface area contributed by atoms with Gasteiger partial charge in [-0.25, -0.2) is 4.68 Å². The van der Waals surface area contributed by atoms with Gasteiger partial charge in [0.25, 0.3) is 0 Å². The molecule has 1 saturated carbocycles. The van der Waals surface area contributed by atoms with E-state index in [-0.39, 0.29) is 0 Å². The van der Waals surface area contributed by atoms with Gasteiger partial charge in [0.05, 0.1) is 17.6 Å². The molecular formula is C13H15ClN4. The maximum absolute atomic E-state index is 6.11. The van der Waals surface area contributed by atoms with Gasteiger partial charge in [-0.1, -0.05) is 22.9 Å². The zero-order valence-electron chi connectivity index (χ0n) is 10.2. The first kappa shape index (κ1) is 11.7. The Labute approximate surface area is 111 Å². The molecule has 1 aromatic carbocycles. The molecule has 0 unspecified atom stereocenters. The summed E-state index contributed by atoms with van der Waals surface area (Å²) in [6.45, 7) is 2.77. The summed E-state index contributed by atoms with van der Waals surface area (Å²) in [4.78, 5) is 0. The standard InChI is InChI=1S/C13H15ClN4/c1-9-2-5-12(6-13(9)14)18-8-11(16-17-18)7-15-10-3-4-10/h2,5-6,8,10,15H,3-4,7H2,1H3. The number of aryl methyl sites for hydroxylation is 1. The van der Waals surface area contributed by atoms with Gasteiger partial charge in [0, 0.05) is 17.6 Å². The maximum atomic E-state index is 6.11. The quantitative estimate of drug-likeness (QED) is 0.921. The van der Waals surface area contributed by atoms with E-state index in [1.165, 1.54) is 12.8 Å². The van der Waals surface area contributed by atoms with Gasteiger partial charge in [-0.15, -0.1) is 5.10 Å². The van der Waals surface area contributed by atoms with Gasteiger partial charge in [-0.2, -0.15) is 0 Å². The number of aromatic nitrogens is 3. The van der Waals surface area contributed by atoms with Crippen LogP contribution in [0, 0.1) is 6.92 Å². The van der Waals surface area contributed by atoms with Crippen molar-refractivity contribution >= 4 is 11.6 Å². The Bertz CT molecular complexity index is 560. The van der Waals surface area contributed by atoms with Crippen LogP contribution < -0.4 is 5.32 Å². The van der Waals surface area contributed by atoms with Crippen molar-refractivity contribution in [1.82, 2.24) is 20.3 Å². The van der Waals surface area contributed by atoms with Gasteiger partial charge in [-0.05, 0) is 37.5 Å². The Morgan fingerprint density at radius 1 is 1.44 bits per heavy atom. The highest BCUT2D eigenvalue weighted by Gasteiger charge is 2.20. The number of rotatable bonds is 4. The molecule has 0 bridgehead atoms. The van der Waals surface area contributed by atoms with E-state index in [2.05, 4.69) is 15.6 Å². The molecular weight excluding hydrogens is 248 g/mol. The molecule has 2 aromatic rings. The van der Waals surface area contributed by atoms with Crippen molar-refractivity contribution in [2.24, 2.45) is 0 Å². The number of halogens is 1. The Morgan fingerprint density at radius 2 is 2.28 bits per heavy atom. The smallest absolute Gasteiger partial charge is 0.0969 e. The average Bonchev–Trinajstić information content (AvgIpc) is 3.08. The Kier molecular flexibility index (Phi) is 3.06. The second-order valence-electron chi connectivity index (χ2n) is 4.74. The van der Waals surface area contributed by atoms with Crippen molar-refractivity contribution in [2.75, 3.05) is 0 Å². The molecule has 1 N–H and O–H groups in total. The van der Waals surface area contributed by atoms with Crippen molar-refractivity contribution in [1.29, 1.82) is 0 Å². The molecule has 18 heavy (non-hydrogen) atoms. The minimum atomic E-state index is 0.684. The maximum Gasteiger partial charge on any atom is 0.0969 e. The molecule has 0 amide bonds. The number of nitrogens with zero attached hydrogens (tertiary/aromatic N) is 3. The Morgan fingerprint density at radius 3 is 3.00 bits per heavy atom. The predicted octanol–water partition coefficient (Wildman–Crippen LogP) is 2.48. The van der Waals surface area contributed by atoms with Gasteiger partial charge in [0.15, 0.2) is 0 Å². The molecule has 3 rings (SSSR count). The fraction of sp³-hybridized carbons (Fsp3) is 0.385. The highest BCUT2D eigenvalue weighted by Crippen LogP contribution is 2.20. The van der Waals surface area contributed by atoms with E-state index < -0.39 is 0 Å². The third kappa shape index (κ3) is 2.54. The minimum Gasteiger partial charge on any atom is -0.308 e. The summed E-state index contributed by atoms with van der Waals surface area (Å²) >= 11 is 6.11. The average molecular weight is 263 g/mol. The molecule has 5 heteroatoms. The fourth-order valence-corrected chi connectivity index (χ4v) is 1.94. The summed E-state index contributed by atoms with van der Waals surface area (Å²) in [5, 5.41) is 12.4. The molecule has 1 aromatic heterocycles. The molecule has 0 saturated heterocycles. The number of nitrogens with one attached hydrogen (secondary N) is 1. The lowest BCUT2D eigenvalue weighted by molar-refractivity contribution is 0.671. The van der Waals surface area contributed by atoms with Crippen molar-refractivity contribution in [3.05, 3.63) is 40.7 Å². The summed E-state index contributed by atoms with van der Waals surface area (Å²) in [6, 6.07) is 6.57. The van der Waals surface area contributed by atoms with E-state index >= 15 is 0 Å². The third-order valence-corrected chi connectivity index (χ3v) is 3.52. The zero-order valence-corrected chi connectivity index (χ0v) is 11.0. The van der Waals surface area contributed by atoms with Gasteiger partial charge in [0.1, 0.15) is 0 Å². The van der Waals surface area contributed by atoms with Gasteiger partial charge in [-0.3, -0.25) is 0 Å². The highest BCUT2D eigenvalue weighted by atomic mass is 35.5. The Balaban J connectivity index is 1.76. The van der Waals surface area contributed by atoms with Crippen LogP contribution in [-0.4, -0.2) is 21.0 Å². The first-order valence-electron chi connectivity index (χ1n) is 6.13. The van der Waals surface area contributed by atoms with Crippen LogP contribution in [0.4, 0.5) is 0 Å². The minimum absolute atomic E-state index is 0.684. The molecule has 4 nitrogen and oxygen atoms in total. The first-order valence-corrected chi connectivity index (χ1v) is 6.51. The lowest BCUT2D eigenvalue weighted by atomic mass is 10.2. The van der Waals surface area contributed by atoms with Crippen molar-refractivity contribution in [3.8, 4) is 5.69 Å².